The minimum absolute atomic E-state index is 0.0118. The topological polar surface area (TPSA) is 70.7 Å². The third-order valence-electron chi connectivity index (χ3n) is 6.46. The molecule has 0 unspecified atom stereocenters. The number of benzene rings is 2. The van der Waals surface area contributed by atoms with Gasteiger partial charge in [-0.3, -0.25) is 4.79 Å². The van der Waals surface area contributed by atoms with Crippen molar-refractivity contribution in [2.45, 2.75) is 49.5 Å². The summed E-state index contributed by atoms with van der Waals surface area (Å²) in [5.41, 5.74) is -12.9. The maximum Gasteiger partial charge on any atom is 0.435 e. The van der Waals surface area contributed by atoms with Crippen molar-refractivity contribution in [3.8, 4) is 22.9 Å². The summed E-state index contributed by atoms with van der Waals surface area (Å²) in [5, 5.41) is 15.5. The van der Waals surface area contributed by atoms with Crippen LogP contribution < -0.4 is 5.32 Å². The fraction of sp³-hybridized carbons (Fsp3) is 0.320. The number of rotatable bonds is 5. The Hall–Kier alpha value is -3.80. The second-order valence-electron chi connectivity index (χ2n) is 9.36. The number of halogens is 11. The number of hydrogen-bond donors (Lipinski definition) is 1. The molecule has 4 rings (SSSR count). The van der Waals surface area contributed by atoms with E-state index in [1.807, 2.05) is 6.07 Å². The van der Waals surface area contributed by atoms with Crippen molar-refractivity contribution >= 4 is 17.5 Å². The molecule has 1 aliphatic carbocycles. The Balaban J connectivity index is 1.80. The molecule has 3 aromatic rings. The molecule has 1 aromatic heterocycles. The largest absolute Gasteiger partial charge is 0.435 e. The third kappa shape index (κ3) is 5.32. The molecular formula is C25H15ClF10N4O. The number of amides is 1. The van der Waals surface area contributed by atoms with Crippen LogP contribution in [0.1, 0.15) is 39.9 Å². The van der Waals surface area contributed by atoms with Gasteiger partial charge in [-0.2, -0.15) is 49.9 Å². The lowest BCUT2D eigenvalue weighted by Gasteiger charge is -2.31. The van der Waals surface area contributed by atoms with Gasteiger partial charge in [-0.1, -0.05) is 23.7 Å². The van der Waals surface area contributed by atoms with Crippen molar-refractivity contribution in [3.05, 3.63) is 70.0 Å². The molecule has 16 heteroatoms. The quantitative estimate of drug-likeness (QED) is 0.302. The summed E-state index contributed by atoms with van der Waals surface area (Å²) in [4.78, 5) is 12.7. The number of carbonyl (C=O) groups excluding carboxylic acids is 1. The van der Waals surface area contributed by atoms with Gasteiger partial charge in [0, 0.05) is 17.3 Å². The monoisotopic (exact) mass is 612 g/mol. The number of nitrogens with zero attached hydrogens (tertiary/aromatic N) is 3. The van der Waals surface area contributed by atoms with E-state index in [9.17, 15) is 54.0 Å². The van der Waals surface area contributed by atoms with Crippen LogP contribution in [0.4, 0.5) is 43.9 Å². The van der Waals surface area contributed by atoms with Crippen LogP contribution in [-0.4, -0.2) is 33.6 Å². The second kappa shape index (κ2) is 9.64. The van der Waals surface area contributed by atoms with Crippen LogP contribution in [0.15, 0.2) is 42.7 Å². The number of carbonyl (C=O) groups is 1. The van der Waals surface area contributed by atoms with E-state index in [0.29, 0.717) is 17.5 Å². The first-order valence-electron chi connectivity index (χ1n) is 11.4. The van der Waals surface area contributed by atoms with E-state index in [2.05, 4.69) is 10.4 Å². The average molecular weight is 613 g/mol. The smallest absolute Gasteiger partial charge is 0.334 e. The summed E-state index contributed by atoms with van der Waals surface area (Å²) in [5.74, 6) is -0.696. The van der Waals surface area contributed by atoms with Crippen LogP contribution in [0.3, 0.4) is 0 Å². The molecule has 0 spiro atoms. The van der Waals surface area contributed by atoms with E-state index in [0.717, 1.165) is 19.3 Å². The summed E-state index contributed by atoms with van der Waals surface area (Å²) >= 11 is 6.10. The van der Waals surface area contributed by atoms with Crippen LogP contribution in [0, 0.1) is 18.3 Å². The Kier molecular flexibility index (Phi) is 7.09. The van der Waals surface area contributed by atoms with Crippen LogP contribution in [0.2, 0.25) is 5.02 Å². The van der Waals surface area contributed by atoms with Crippen LogP contribution in [0.25, 0.3) is 16.8 Å². The molecule has 218 valence electrons. The molecule has 1 amide bonds. The number of alkyl halides is 10. The highest BCUT2D eigenvalue weighted by Gasteiger charge is 2.73. The lowest BCUT2D eigenvalue weighted by Crippen LogP contribution is -2.50. The molecule has 1 N–H and O–H groups in total. The van der Waals surface area contributed by atoms with Crippen molar-refractivity contribution in [1.82, 2.24) is 15.1 Å². The molecule has 1 heterocycles. The molecule has 0 bridgehead atoms. The van der Waals surface area contributed by atoms with Gasteiger partial charge in [0.05, 0.1) is 34.1 Å². The van der Waals surface area contributed by atoms with E-state index < -0.39 is 64.1 Å². The molecule has 2 aromatic carbocycles. The van der Waals surface area contributed by atoms with Gasteiger partial charge in [-0.15, -0.1) is 0 Å². The van der Waals surface area contributed by atoms with E-state index in [1.54, 1.807) is 0 Å². The lowest BCUT2D eigenvalue weighted by atomic mass is 9.90. The molecule has 0 aliphatic heterocycles. The fourth-order valence-corrected chi connectivity index (χ4v) is 4.34. The predicted molar refractivity (Wildman–Crippen MR) is 124 cm³/mol. The third-order valence-corrected chi connectivity index (χ3v) is 6.79. The van der Waals surface area contributed by atoms with Crippen molar-refractivity contribution in [1.29, 1.82) is 5.26 Å². The zero-order valence-corrected chi connectivity index (χ0v) is 21.1. The highest BCUT2D eigenvalue weighted by molar-refractivity contribution is 6.34. The number of aryl methyl sites for hydroxylation is 1. The highest BCUT2D eigenvalue weighted by Crippen LogP contribution is 2.54. The number of nitriles is 1. The molecule has 1 saturated carbocycles. The molecule has 0 saturated heterocycles. The van der Waals surface area contributed by atoms with Crippen molar-refractivity contribution in [2.24, 2.45) is 0 Å². The van der Waals surface area contributed by atoms with Gasteiger partial charge in [0.2, 0.25) is 0 Å². The predicted octanol–water partition coefficient (Wildman–Crippen LogP) is 7.60. The number of nitrogens with one attached hydrogen (secondary N) is 1. The molecule has 5 nitrogen and oxygen atoms in total. The minimum Gasteiger partial charge on any atom is -0.334 e. The molecule has 0 radical (unpaired) electrons. The van der Waals surface area contributed by atoms with E-state index in [-0.39, 0.29) is 27.8 Å². The summed E-state index contributed by atoms with van der Waals surface area (Å²) in [7, 11) is 0. The second-order valence-corrected chi connectivity index (χ2v) is 9.76. The van der Waals surface area contributed by atoms with Crippen LogP contribution >= 0.6 is 11.6 Å². The van der Waals surface area contributed by atoms with Gasteiger partial charge in [0.15, 0.2) is 0 Å². The highest BCUT2D eigenvalue weighted by atomic mass is 35.5. The summed E-state index contributed by atoms with van der Waals surface area (Å²) in [6, 6.07) is 5.38. The van der Waals surface area contributed by atoms with E-state index in [1.165, 1.54) is 18.2 Å². The molecule has 1 aliphatic rings. The number of aromatic nitrogens is 2. The van der Waals surface area contributed by atoms with Gasteiger partial charge >= 0.3 is 24.2 Å². The SMILES string of the molecule is Cc1cc(C(F)(C(F)(F)F)C(F)(F)F)cc(C(F)(F)F)c1-n1cc(-c2ccc(Cl)c(C(=O)NC3(C#N)CC3)c2)cn1. The molecular weight excluding hydrogens is 598 g/mol. The Labute approximate surface area is 229 Å². The Bertz CT molecular complexity index is 1550. The Morgan fingerprint density at radius 1 is 1.00 bits per heavy atom. The van der Waals surface area contributed by atoms with Crippen LogP contribution in [0.5, 0.6) is 0 Å². The zero-order chi connectivity index (χ0) is 30.8. The first-order chi connectivity index (χ1) is 18.7. The van der Waals surface area contributed by atoms with E-state index >= 15 is 0 Å². The maximum atomic E-state index is 14.6. The lowest BCUT2D eigenvalue weighted by molar-refractivity contribution is -0.348. The zero-order valence-electron chi connectivity index (χ0n) is 20.4. The van der Waals surface area contributed by atoms with Crippen molar-refractivity contribution in [3.63, 3.8) is 0 Å². The number of hydrogen-bond acceptors (Lipinski definition) is 3. The molecule has 41 heavy (non-hydrogen) atoms. The van der Waals surface area contributed by atoms with Crippen LogP contribution in [-0.2, 0) is 11.8 Å². The molecule has 1 fully saturated rings. The van der Waals surface area contributed by atoms with Crippen molar-refractivity contribution in [2.75, 3.05) is 0 Å². The summed E-state index contributed by atoms with van der Waals surface area (Å²) in [6.45, 7) is 0.774. The molecule has 0 atom stereocenters. The van der Waals surface area contributed by atoms with E-state index in [4.69, 9.17) is 11.6 Å². The maximum absolute atomic E-state index is 14.6. The summed E-state index contributed by atoms with van der Waals surface area (Å²) in [6.07, 6.45) is -15.9. The van der Waals surface area contributed by atoms with Crippen molar-refractivity contribution < 1.29 is 48.7 Å². The first kappa shape index (κ1) is 30.2. The van der Waals surface area contributed by atoms with Gasteiger partial charge in [-0.25, -0.2) is 9.07 Å². The Morgan fingerprint density at radius 2 is 1.61 bits per heavy atom. The van der Waals surface area contributed by atoms with Gasteiger partial charge in [0.1, 0.15) is 5.54 Å². The minimum atomic E-state index is -6.62. The standard InChI is InChI=1S/C25H15ClF10N4O/c1-12-6-15(22(27,24(31,32)33)25(34,35)36)8-17(23(28,29)30)19(12)40-10-14(9-38-40)13-2-3-18(26)16(7-13)20(41)39-21(11-37)4-5-21/h2-3,6-10H,4-5H2,1H3,(H,39,41). The Morgan fingerprint density at radius 3 is 2.12 bits per heavy atom. The summed E-state index contributed by atoms with van der Waals surface area (Å²) < 4.78 is 136. The van der Waals surface area contributed by atoms with Gasteiger partial charge in [0.25, 0.3) is 5.91 Å². The van der Waals surface area contributed by atoms with Gasteiger partial charge in [-0.05, 0) is 49.1 Å². The first-order valence-corrected chi connectivity index (χ1v) is 11.8. The normalized spacial score (nSPS) is 15.4. The average Bonchev–Trinajstić information content (AvgIpc) is 3.45. The van der Waals surface area contributed by atoms with Gasteiger partial charge < -0.3 is 5.32 Å². The fourth-order valence-electron chi connectivity index (χ4n) is 4.13.